The van der Waals surface area contributed by atoms with E-state index in [4.69, 9.17) is 0 Å². The normalized spacial score (nSPS) is 16.2. The molecule has 0 aliphatic carbocycles. The van der Waals surface area contributed by atoms with Crippen molar-refractivity contribution in [2.75, 3.05) is 0 Å². The van der Waals surface area contributed by atoms with E-state index in [-0.39, 0.29) is 43.1 Å². The summed E-state index contributed by atoms with van der Waals surface area (Å²) in [5.41, 5.74) is 1.04. The summed E-state index contributed by atoms with van der Waals surface area (Å²) in [7, 11) is 0. The van der Waals surface area contributed by atoms with Crippen molar-refractivity contribution in [1.82, 2.24) is 9.80 Å². The minimum absolute atomic E-state index is 0. The SMILES string of the molecule is C.CC(C)N1C(=O)CCC1=O.CC(C)N1C(=O)c2ccccc2C1=O. The highest BCUT2D eigenvalue weighted by Gasteiger charge is 2.36. The Morgan fingerprint density at radius 2 is 1.08 bits per heavy atom. The summed E-state index contributed by atoms with van der Waals surface area (Å²) in [4.78, 5) is 48.0. The molecule has 0 bridgehead atoms. The first-order chi connectivity index (χ1) is 11.3. The molecule has 2 aliphatic heterocycles. The van der Waals surface area contributed by atoms with Gasteiger partial charge in [-0.2, -0.15) is 0 Å². The van der Waals surface area contributed by atoms with E-state index < -0.39 is 0 Å². The number of nitrogens with zero attached hydrogens (tertiary/aromatic N) is 2. The maximum absolute atomic E-state index is 11.8. The third-order valence-corrected chi connectivity index (χ3v) is 3.95. The van der Waals surface area contributed by atoms with Gasteiger partial charge in [-0.15, -0.1) is 0 Å². The number of fused-ring (bicyclic) bond motifs is 1. The Balaban J connectivity index is 0.000000254. The summed E-state index contributed by atoms with van der Waals surface area (Å²) in [5.74, 6) is -0.416. The molecule has 0 spiro atoms. The van der Waals surface area contributed by atoms with Gasteiger partial charge in [0.15, 0.2) is 0 Å². The number of carbonyl (C=O) groups excluding carboxylic acids is 4. The van der Waals surface area contributed by atoms with Crippen molar-refractivity contribution in [2.45, 2.75) is 60.0 Å². The van der Waals surface area contributed by atoms with E-state index in [2.05, 4.69) is 0 Å². The monoisotopic (exact) mass is 346 g/mol. The van der Waals surface area contributed by atoms with E-state index in [0.29, 0.717) is 24.0 Å². The highest BCUT2D eigenvalue weighted by atomic mass is 16.2. The molecule has 3 rings (SSSR count). The lowest BCUT2D eigenvalue weighted by atomic mass is 10.1. The highest BCUT2D eigenvalue weighted by Crippen LogP contribution is 2.23. The van der Waals surface area contributed by atoms with Crippen LogP contribution in [0.2, 0.25) is 0 Å². The van der Waals surface area contributed by atoms with E-state index in [0.717, 1.165) is 0 Å². The number of rotatable bonds is 2. The number of benzene rings is 1. The fourth-order valence-corrected chi connectivity index (χ4v) is 2.85. The molecule has 1 aromatic carbocycles. The molecule has 0 unspecified atom stereocenters. The predicted octanol–water partition coefficient (Wildman–Crippen LogP) is 2.87. The molecule has 0 N–H and O–H groups in total. The van der Waals surface area contributed by atoms with Crippen LogP contribution in [0, 0.1) is 0 Å². The van der Waals surface area contributed by atoms with Crippen LogP contribution in [0.25, 0.3) is 0 Å². The largest absolute Gasteiger partial charge is 0.280 e. The van der Waals surface area contributed by atoms with E-state index in [1.807, 2.05) is 27.7 Å². The Hall–Kier alpha value is -2.50. The minimum Gasteiger partial charge on any atom is -0.280 e. The molecule has 25 heavy (non-hydrogen) atoms. The van der Waals surface area contributed by atoms with Gasteiger partial charge in [0.25, 0.3) is 11.8 Å². The van der Waals surface area contributed by atoms with Gasteiger partial charge < -0.3 is 0 Å². The summed E-state index contributed by atoms with van der Waals surface area (Å²) in [6.07, 6.45) is 0.800. The molecule has 6 heteroatoms. The lowest BCUT2D eigenvalue weighted by Gasteiger charge is -2.17. The first-order valence-corrected chi connectivity index (χ1v) is 8.07. The lowest BCUT2D eigenvalue weighted by Crippen LogP contribution is -2.35. The molecule has 1 aromatic rings. The van der Waals surface area contributed by atoms with Crippen LogP contribution in [-0.4, -0.2) is 45.5 Å². The van der Waals surface area contributed by atoms with Crippen LogP contribution in [0.5, 0.6) is 0 Å². The van der Waals surface area contributed by atoms with Gasteiger partial charge in [-0.1, -0.05) is 19.6 Å². The van der Waals surface area contributed by atoms with Crippen molar-refractivity contribution in [3.63, 3.8) is 0 Å². The Labute approximate surface area is 148 Å². The number of imide groups is 2. The predicted molar refractivity (Wildman–Crippen MR) is 95.0 cm³/mol. The van der Waals surface area contributed by atoms with Crippen LogP contribution in [-0.2, 0) is 9.59 Å². The molecular weight excluding hydrogens is 320 g/mol. The van der Waals surface area contributed by atoms with E-state index >= 15 is 0 Å². The van der Waals surface area contributed by atoms with Crippen molar-refractivity contribution in [3.05, 3.63) is 35.4 Å². The summed E-state index contributed by atoms with van der Waals surface area (Å²) < 4.78 is 0. The average molecular weight is 346 g/mol. The van der Waals surface area contributed by atoms with Crippen molar-refractivity contribution < 1.29 is 19.2 Å². The molecule has 2 heterocycles. The average Bonchev–Trinajstić information content (AvgIpc) is 2.98. The van der Waals surface area contributed by atoms with Crippen LogP contribution >= 0.6 is 0 Å². The Morgan fingerprint density at radius 1 is 0.720 bits per heavy atom. The van der Waals surface area contributed by atoms with Gasteiger partial charge in [-0.3, -0.25) is 29.0 Å². The van der Waals surface area contributed by atoms with Crippen molar-refractivity contribution >= 4 is 23.6 Å². The quantitative estimate of drug-likeness (QED) is 0.772. The number of amides is 4. The number of likely N-dealkylation sites (tertiary alicyclic amines) is 1. The molecular formula is C19H26N2O4. The van der Waals surface area contributed by atoms with Crippen molar-refractivity contribution in [1.29, 1.82) is 0 Å². The van der Waals surface area contributed by atoms with E-state index in [1.54, 1.807) is 24.3 Å². The second kappa shape index (κ2) is 8.05. The molecule has 1 fully saturated rings. The first-order valence-electron chi connectivity index (χ1n) is 8.07. The van der Waals surface area contributed by atoms with Gasteiger partial charge >= 0.3 is 0 Å². The zero-order valence-corrected chi connectivity index (χ0v) is 14.4. The Kier molecular flexibility index (Phi) is 6.62. The van der Waals surface area contributed by atoms with Gasteiger partial charge in [0.1, 0.15) is 0 Å². The molecule has 136 valence electrons. The molecule has 0 aromatic heterocycles. The van der Waals surface area contributed by atoms with E-state index in [9.17, 15) is 19.2 Å². The molecule has 6 nitrogen and oxygen atoms in total. The van der Waals surface area contributed by atoms with Gasteiger partial charge in [0.05, 0.1) is 11.1 Å². The summed E-state index contributed by atoms with van der Waals surface area (Å²) in [6.45, 7) is 7.37. The molecule has 0 atom stereocenters. The smallest absolute Gasteiger partial charge is 0.261 e. The fourth-order valence-electron chi connectivity index (χ4n) is 2.85. The summed E-state index contributed by atoms with van der Waals surface area (Å²) in [5, 5.41) is 0. The standard InChI is InChI=1S/C11H11NO2.C7H11NO2.CH4/c1-7(2)12-10(13)8-5-3-4-6-9(8)11(12)14;1-5(2)8-6(9)3-4-7(8)10;/h3-7H,1-2H3;5H,3-4H2,1-2H3;1H4. The number of hydrogen-bond acceptors (Lipinski definition) is 4. The topological polar surface area (TPSA) is 74.8 Å². The maximum Gasteiger partial charge on any atom is 0.261 e. The molecule has 2 aliphatic rings. The lowest BCUT2D eigenvalue weighted by molar-refractivity contribution is -0.140. The molecule has 4 amide bonds. The third-order valence-electron chi connectivity index (χ3n) is 3.95. The van der Waals surface area contributed by atoms with Crippen LogP contribution in [0.4, 0.5) is 0 Å². The third kappa shape index (κ3) is 3.95. The fraction of sp³-hybridized carbons (Fsp3) is 0.474. The second-order valence-corrected chi connectivity index (χ2v) is 6.37. The van der Waals surface area contributed by atoms with Crippen LogP contribution in [0.1, 0.15) is 68.7 Å². The van der Waals surface area contributed by atoms with Crippen molar-refractivity contribution in [2.24, 2.45) is 0 Å². The number of hydrogen-bond donors (Lipinski definition) is 0. The van der Waals surface area contributed by atoms with Crippen LogP contribution in [0.15, 0.2) is 24.3 Å². The molecule has 0 radical (unpaired) electrons. The zero-order chi connectivity index (χ0) is 18.0. The summed E-state index contributed by atoms with van der Waals surface area (Å²) in [6, 6.07) is 6.88. The highest BCUT2D eigenvalue weighted by molar-refractivity contribution is 6.21. The molecule has 1 saturated heterocycles. The van der Waals surface area contributed by atoms with Crippen LogP contribution in [0.3, 0.4) is 0 Å². The van der Waals surface area contributed by atoms with Gasteiger partial charge in [-0.05, 0) is 39.8 Å². The number of carbonyl (C=O) groups is 4. The second-order valence-electron chi connectivity index (χ2n) is 6.37. The Bertz CT molecular complexity index is 643. The first kappa shape index (κ1) is 20.5. The van der Waals surface area contributed by atoms with Crippen LogP contribution < -0.4 is 0 Å². The van der Waals surface area contributed by atoms with Gasteiger partial charge in [-0.25, -0.2) is 0 Å². The van der Waals surface area contributed by atoms with E-state index in [1.165, 1.54) is 9.80 Å². The Morgan fingerprint density at radius 3 is 1.36 bits per heavy atom. The van der Waals surface area contributed by atoms with Gasteiger partial charge in [0.2, 0.25) is 11.8 Å². The summed E-state index contributed by atoms with van der Waals surface area (Å²) >= 11 is 0. The molecule has 0 saturated carbocycles. The minimum atomic E-state index is -0.180. The zero-order valence-electron chi connectivity index (χ0n) is 14.4. The van der Waals surface area contributed by atoms with Gasteiger partial charge in [0, 0.05) is 24.9 Å². The van der Waals surface area contributed by atoms with Crippen molar-refractivity contribution in [3.8, 4) is 0 Å². The maximum atomic E-state index is 11.8.